The highest BCUT2D eigenvalue weighted by Crippen LogP contribution is 2.69. The zero-order valence-corrected chi connectivity index (χ0v) is 24.5. The van der Waals surface area contributed by atoms with Gasteiger partial charge in [-0.1, -0.05) is 0 Å². The number of piperazine rings is 1. The zero-order valence-electron chi connectivity index (χ0n) is 22.7. The normalized spacial score (nSPS) is 18.5. The summed E-state index contributed by atoms with van der Waals surface area (Å²) >= 11 is 0. The molecule has 2 heterocycles. The molecule has 18 heteroatoms. The molecule has 1 saturated carbocycles. The molecule has 4 rings (SSSR count). The van der Waals surface area contributed by atoms with E-state index in [4.69, 9.17) is 15.2 Å². The molecule has 1 amide bonds. The summed E-state index contributed by atoms with van der Waals surface area (Å²) in [5, 5.41) is 6.29. The topological polar surface area (TPSA) is 242 Å². The van der Waals surface area contributed by atoms with E-state index in [0.29, 0.717) is 23.7 Å². The number of carbonyl (C=O) groups excluding carboxylic acids is 1. The molecule has 0 radical (unpaired) electrons. The number of ether oxygens (including phenoxy) is 2. The van der Waals surface area contributed by atoms with Gasteiger partial charge in [-0.15, -0.1) is 0 Å². The van der Waals surface area contributed by atoms with E-state index in [1.807, 2.05) is 4.90 Å². The van der Waals surface area contributed by atoms with E-state index in [9.17, 15) is 48.2 Å². The molecule has 41 heavy (non-hydrogen) atoms. The Kier molecular flexibility index (Phi) is 7.74. The Morgan fingerprint density at radius 3 is 2.17 bits per heavy atom. The second kappa shape index (κ2) is 10.3. The Hall–Kier alpha value is -3.13. The van der Waals surface area contributed by atoms with Crippen molar-refractivity contribution in [2.24, 2.45) is 0 Å². The summed E-state index contributed by atoms with van der Waals surface area (Å²) in [5.41, 5.74) is 6.66. The van der Waals surface area contributed by atoms with E-state index in [0.717, 1.165) is 17.7 Å². The standard InChI is InChI=1S/C23H32N4O12P2/c1-11-9-25(7-8-26(11)22(31)39-23(3,40(32,33)34)41(35,36)37)17-12(2)16(24)15-18(20(17)38-4)27(13-5-6-13)10-14(19(15)28)21(29)30/h10-11,13H,5-9,24H2,1-4H3,(H,29,30)(H2,32,33,34)(H2,35,36,37). The van der Waals surface area contributed by atoms with Gasteiger partial charge in [-0.05, 0) is 33.6 Å². The van der Waals surface area contributed by atoms with E-state index in [-0.39, 0.29) is 42.5 Å². The van der Waals surface area contributed by atoms with Gasteiger partial charge in [0, 0.05) is 43.5 Å². The van der Waals surface area contributed by atoms with Gasteiger partial charge in [0.1, 0.15) is 5.56 Å². The first-order valence-electron chi connectivity index (χ1n) is 12.5. The number of hydrogen-bond acceptors (Lipinski definition) is 9. The predicted molar refractivity (Wildman–Crippen MR) is 146 cm³/mol. The number of hydrogen-bond donors (Lipinski definition) is 6. The average molecular weight is 618 g/mol. The molecule has 16 nitrogen and oxygen atoms in total. The number of carboxylic acids is 1. The van der Waals surface area contributed by atoms with Crippen molar-refractivity contribution in [3.63, 3.8) is 0 Å². The number of fused-ring (bicyclic) bond motifs is 1. The van der Waals surface area contributed by atoms with Gasteiger partial charge in [-0.25, -0.2) is 9.59 Å². The van der Waals surface area contributed by atoms with Crippen LogP contribution >= 0.6 is 15.2 Å². The molecular formula is C23H32N4O12P2. The third-order valence-electron chi connectivity index (χ3n) is 7.61. The van der Waals surface area contributed by atoms with E-state index in [2.05, 4.69) is 0 Å². The van der Waals surface area contributed by atoms with Gasteiger partial charge in [0.15, 0.2) is 5.75 Å². The monoisotopic (exact) mass is 618 g/mol. The maximum absolute atomic E-state index is 13.2. The number of pyridine rings is 1. The highest BCUT2D eigenvalue weighted by molar-refractivity contribution is 7.72. The number of anilines is 2. The fraction of sp³-hybridized carbons (Fsp3) is 0.522. The van der Waals surface area contributed by atoms with Crippen molar-refractivity contribution >= 4 is 49.5 Å². The van der Waals surface area contributed by atoms with Crippen LogP contribution in [0.15, 0.2) is 11.0 Å². The van der Waals surface area contributed by atoms with Gasteiger partial charge >= 0.3 is 32.3 Å². The Balaban J connectivity index is 1.75. The molecule has 2 aromatic rings. The van der Waals surface area contributed by atoms with Crippen LogP contribution in [0, 0.1) is 6.92 Å². The Bertz CT molecular complexity index is 1570. The molecule has 1 saturated heterocycles. The van der Waals surface area contributed by atoms with Crippen LogP contribution in [-0.4, -0.2) is 84.1 Å². The van der Waals surface area contributed by atoms with Crippen LogP contribution in [0.4, 0.5) is 16.2 Å². The van der Waals surface area contributed by atoms with Crippen molar-refractivity contribution in [3.05, 3.63) is 27.5 Å². The number of carbonyl (C=O) groups is 2. The van der Waals surface area contributed by atoms with Crippen molar-refractivity contribution in [1.29, 1.82) is 0 Å². The molecule has 226 valence electrons. The van der Waals surface area contributed by atoms with Gasteiger partial charge in [0.2, 0.25) is 5.43 Å². The van der Waals surface area contributed by atoms with Crippen molar-refractivity contribution < 1.29 is 52.9 Å². The number of aromatic nitrogens is 1. The quantitative estimate of drug-likeness (QED) is 0.191. The molecule has 1 aromatic heterocycles. The van der Waals surface area contributed by atoms with Gasteiger partial charge < -0.3 is 54.3 Å². The average Bonchev–Trinajstić information content (AvgIpc) is 3.69. The van der Waals surface area contributed by atoms with E-state index in [1.54, 1.807) is 18.4 Å². The highest BCUT2D eigenvalue weighted by atomic mass is 31.2. The minimum Gasteiger partial charge on any atom is -0.492 e. The number of carboxylic acid groups (broad SMARTS) is 1. The van der Waals surface area contributed by atoms with E-state index >= 15 is 0 Å². The second-order valence-electron chi connectivity index (χ2n) is 10.3. The number of nitrogens with zero attached hydrogens (tertiary/aromatic N) is 3. The molecule has 1 aliphatic carbocycles. The van der Waals surface area contributed by atoms with Crippen molar-refractivity contribution in [1.82, 2.24) is 9.47 Å². The number of aromatic carboxylic acids is 1. The summed E-state index contributed by atoms with van der Waals surface area (Å²) in [6, 6.07) is -0.738. The number of nitrogens with two attached hydrogens (primary N) is 1. The van der Waals surface area contributed by atoms with Crippen molar-refractivity contribution in [2.45, 2.75) is 50.8 Å². The largest absolute Gasteiger partial charge is 0.492 e. The lowest BCUT2D eigenvalue weighted by atomic mass is 10.0. The second-order valence-corrected chi connectivity index (χ2v) is 14.6. The SMILES string of the molecule is COc1c(N2CCN(C(=O)OC(C)(P(=O)(O)O)P(=O)(O)O)C(C)C2)c(C)c(N)c2c(=O)c(C(=O)O)cn(C3CC3)c12. The van der Waals surface area contributed by atoms with Crippen LogP contribution in [0.1, 0.15) is 48.7 Å². The summed E-state index contributed by atoms with van der Waals surface area (Å²) in [7, 11) is -9.80. The van der Waals surface area contributed by atoms with Crippen LogP contribution in [0.2, 0.25) is 0 Å². The molecule has 1 unspecified atom stereocenters. The molecule has 1 atom stereocenters. The Labute approximate surface area is 233 Å². The van der Waals surface area contributed by atoms with Gasteiger partial charge in [0.05, 0.1) is 29.4 Å². The van der Waals surface area contributed by atoms with E-state index < -0.39 is 49.4 Å². The van der Waals surface area contributed by atoms with Crippen LogP contribution in [0.3, 0.4) is 0 Å². The fourth-order valence-electron chi connectivity index (χ4n) is 5.02. The lowest BCUT2D eigenvalue weighted by Gasteiger charge is -2.42. The van der Waals surface area contributed by atoms with E-state index in [1.165, 1.54) is 13.3 Å². The molecule has 7 N–H and O–H groups in total. The fourth-order valence-corrected chi connectivity index (χ4v) is 6.78. The van der Waals surface area contributed by atoms with Crippen LogP contribution < -0.4 is 20.8 Å². The summed E-state index contributed by atoms with van der Waals surface area (Å²) in [6.07, 6.45) is 1.50. The third kappa shape index (κ3) is 5.09. The summed E-state index contributed by atoms with van der Waals surface area (Å²) in [5.74, 6) is -1.09. The first kappa shape index (κ1) is 30.8. The molecule has 2 fully saturated rings. The van der Waals surface area contributed by atoms with Crippen LogP contribution in [-0.2, 0) is 13.9 Å². The number of benzene rings is 1. The number of rotatable bonds is 7. The number of methoxy groups -OCH3 is 1. The summed E-state index contributed by atoms with van der Waals surface area (Å²) < 4.78 is 36.0. The molecular weight excluding hydrogens is 586 g/mol. The number of amides is 1. The maximum atomic E-state index is 13.2. The van der Waals surface area contributed by atoms with Crippen molar-refractivity contribution in [3.8, 4) is 5.75 Å². The lowest BCUT2D eigenvalue weighted by molar-refractivity contribution is 0.0464. The van der Waals surface area contributed by atoms with Gasteiger partial charge in [0.25, 0.3) is 0 Å². The smallest absolute Gasteiger partial charge is 0.411 e. The van der Waals surface area contributed by atoms with Crippen LogP contribution in [0.5, 0.6) is 5.75 Å². The molecule has 0 spiro atoms. The maximum Gasteiger partial charge on any atom is 0.411 e. The molecule has 2 aliphatic rings. The first-order chi connectivity index (χ1) is 18.9. The third-order valence-corrected chi connectivity index (χ3v) is 11.5. The molecule has 1 aromatic carbocycles. The van der Waals surface area contributed by atoms with Gasteiger partial charge in [-0.3, -0.25) is 13.9 Å². The lowest BCUT2D eigenvalue weighted by Crippen LogP contribution is -2.55. The molecule has 0 bridgehead atoms. The number of nitrogen functional groups attached to an aromatic ring is 1. The first-order valence-corrected chi connectivity index (χ1v) is 15.7. The minimum absolute atomic E-state index is 0.0271. The zero-order chi connectivity index (χ0) is 30.8. The van der Waals surface area contributed by atoms with Crippen LogP contribution in [0.25, 0.3) is 10.9 Å². The van der Waals surface area contributed by atoms with Gasteiger partial charge in [-0.2, -0.15) is 0 Å². The van der Waals surface area contributed by atoms with Crippen molar-refractivity contribution in [2.75, 3.05) is 37.4 Å². The summed E-state index contributed by atoms with van der Waals surface area (Å²) in [4.78, 5) is 79.0. The Morgan fingerprint density at radius 2 is 1.71 bits per heavy atom. The highest BCUT2D eigenvalue weighted by Gasteiger charge is 2.61. The Morgan fingerprint density at radius 1 is 1.12 bits per heavy atom. The predicted octanol–water partition coefficient (Wildman–Crippen LogP) is 1.61. The molecule has 1 aliphatic heterocycles. The minimum atomic E-state index is -5.60. The summed E-state index contributed by atoms with van der Waals surface area (Å²) in [6.45, 7) is 3.88.